The van der Waals surface area contributed by atoms with Crippen LogP contribution in [0.3, 0.4) is 0 Å². The van der Waals surface area contributed by atoms with Gasteiger partial charge in [-0.3, -0.25) is 14.9 Å². The number of nitrogens with one attached hydrogen (secondary N) is 2. The molecule has 5 nitrogen and oxygen atoms in total. The summed E-state index contributed by atoms with van der Waals surface area (Å²) >= 11 is 0. The number of hydrogen-bond acceptors (Lipinski definition) is 3. The van der Waals surface area contributed by atoms with Crippen LogP contribution in [0.25, 0.3) is 0 Å². The third-order valence-electron chi connectivity index (χ3n) is 4.75. The Labute approximate surface area is 158 Å². The lowest BCUT2D eigenvalue weighted by molar-refractivity contribution is -0.129. The van der Waals surface area contributed by atoms with Crippen LogP contribution in [-0.4, -0.2) is 35.8 Å². The molecule has 2 amide bonds. The van der Waals surface area contributed by atoms with Gasteiger partial charge in [0.2, 0.25) is 11.8 Å². The normalized spacial score (nSPS) is 17.6. The van der Waals surface area contributed by atoms with Gasteiger partial charge in [0.15, 0.2) is 0 Å². The molecule has 0 bridgehead atoms. The molecule has 0 unspecified atom stereocenters. The Morgan fingerprint density at radius 1 is 1.15 bits per heavy atom. The first kappa shape index (κ1) is 19.0. The second kappa shape index (κ2) is 8.77. The van der Waals surface area contributed by atoms with Crippen molar-refractivity contribution < 1.29 is 14.0 Å². The highest BCUT2D eigenvalue weighted by Gasteiger charge is 2.30. The third kappa shape index (κ3) is 4.92. The molecule has 0 spiro atoms. The number of likely N-dealkylation sites (tertiary alicyclic amines) is 1. The molecule has 1 aliphatic heterocycles. The van der Waals surface area contributed by atoms with Crippen molar-refractivity contribution in [1.82, 2.24) is 10.2 Å². The SMILES string of the molecule is CCC(=O)N1CC[C@@H](N[C@H](C(=O)Nc2ccc(F)cc2)c2ccccc2)C1. The minimum absolute atomic E-state index is 0.0460. The first-order valence-electron chi connectivity index (χ1n) is 9.22. The summed E-state index contributed by atoms with van der Waals surface area (Å²) in [5.41, 5.74) is 1.38. The summed E-state index contributed by atoms with van der Waals surface area (Å²) in [5, 5.41) is 6.23. The average molecular weight is 369 g/mol. The Morgan fingerprint density at radius 3 is 2.52 bits per heavy atom. The molecule has 6 heteroatoms. The highest BCUT2D eigenvalue weighted by molar-refractivity contribution is 5.95. The number of carbonyl (C=O) groups is 2. The third-order valence-corrected chi connectivity index (χ3v) is 4.75. The lowest BCUT2D eigenvalue weighted by Crippen LogP contribution is -2.41. The van der Waals surface area contributed by atoms with Crippen molar-refractivity contribution >= 4 is 17.5 Å². The Balaban J connectivity index is 1.72. The van der Waals surface area contributed by atoms with Gasteiger partial charge in [-0.25, -0.2) is 4.39 Å². The number of anilines is 1. The van der Waals surface area contributed by atoms with Crippen molar-refractivity contribution in [3.05, 3.63) is 66.0 Å². The summed E-state index contributed by atoms with van der Waals surface area (Å²) in [7, 11) is 0. The molecule has 3 rings (SSSR count). The maximum absolute atomic E-state index is 13.1. The zero-order valence-corrected chi connectivity index (χ0v) is 15.3. The van der Waals surface area contributed by atoms with Gasteiger partial charge in [-0.15, -0.1) is 0 Å². The number of halogens is 1. The fraction of sp³-hybridized carbons (Fsp3) is 0.333. The van der Waals surface area contributed by atoms with E-state index in [2.05, 4.69) is 10.6 Å². The van der Waals surface area contributed by atoms with Crippen LogP contribution in [0.1, 0.15) is 31.4 Å². The lowest BCUT2D eigenvalue weighted by Gasteiger charge is -2.23. The molecule has 1 fully saturated rings. The number of carbonyl (C=O) groups excluding carboxylic acids is 2. The van der Waals surface area contributed by atoms with E-state index in [1.165, 1.54) is 24.3 Å². The summed E-state index contributed by atoms with van der Waals surface area (Å²) in [6, 6.07) is 14.6. The maximum atomic E-state index is 13.1. The Morgan fingerprint density at radius 2 is 1.85 bits per heavy atom. The van der Waals surface area contributed by atoms with Crippen molar-refractivity contribution in [3.8, 4) is 0 Å². The Kier molecular flexibility index (Phi) is 6.19. The smallest absolute Gasteiger partial charge is 0.246 e. The molecule has 1 saturated heterocycles. The van der Waals surface area contributed by atoms with E-state index in [0.717, 1.165) is 12.0 Å². The fourth-order valence-electron chi connectivity index (χ4n) is 3.30. The van der Waals surface area contributed by atoms with Crippen LogP contribution in [-0.2, 0) is 9.59 Å². The molecule has 2 aromatic rings. The molecule has 0 saturated carbocycles. The predicted molar refractivity (Wildman–Crippen MR) is 103 cm³/mol. The lowest BCUT2D eigenvalue weighted by atomic mass is 10.0. The molecule has 2 N–H and O–H groups in total. The van der Waals surface area contributed by atoms with Crippen LogP contribution < -0.4 is 10.6 Å². The van der Waals surface area contributed by atoms with Gasteiger partial charge in [-0.2, -0.15) is 0 Å². The monoisotopic (exact) mass is 369 g/mol. The van der Waals surface area contributed by atoms with Gasteiger partial charge in [-0.1, -0.05) is 37.3 Å². The van der Waals surface area contributed by atoms with E-state index >= 15 is 0 Å². The molecule has 2 atom stereocenters. The van der Waals surface area contributed by atoms with E-state index < -0.39 is 6.04 Å². The van der Waals surface area contributed by atoms with Crippen LogP contribution in [0, 0.1) is 5.82 Å². The molecule has 142 valence electrons. The second-order valence-electron chi connectivity index (χ2n) is 6.69. The summed E-state index contributed by atoms with van der Waals surface area (Å²) in [6.45, 7) is 3.15. The van der Waals surface area contributed by atoms with Crippen molar-refractivity contribution in [2.75, 3.05) is 18.4 Å². The first-order valence-corrected chi connectivity index (χ1v) is 9.22. The van der Waals surface area contributed by atoms with E-state index in [4.69, 9.17) is 0 Å². The fourth-order valence-corrected chi connectivity index (χ4v) is 3.30. The molecular weight excluding hydrogens is 345 g/mol. The van der Waals surface area contributed by atoms with Crippen LogP contribution in [0.5, 0.6) is 0 Å². The van der Waals surface area contributed by atoms with E-state index in [-0.39, 0.29) is 23.7 Å². The number of benzene rings is 2. The average Bonchev–Trinajstić information content (AvgIpc) is 3.16. The van der Waals surface area contributed by atoms with Crippen molar-refractivity contribution in [3.63, 3.8) is 0 Å². The summed E-state index contributed by atoms with van der Waals surface area (Å²) in [5.74, 6) is -0.434. The van der Waals surface area contributed by atoms with Gasteiger partial charge >= 0.3 is 0 Å². The molecule has 0 radical (unpaired) electrons. The summed E-state index contributed by atoms with van der Waals surface area (Å²) in [4.78, 5) is 26.6. The minimum atomic E-state index is -0.557. The predicted octanol–water partition coefficient (Wildman–Crippen LogP) is 3.11. The number of rotatable bonds is 6. The van der Waals surface area contributed by atoms with Gasteiger partial charge in [0.05, 0.1) is 0 Å². The topological polar surface area (TPSA) is 61.4 Å². The van der Waals surface area contributed by atoms with E-state index in [1.54, 1.807) is 0 Å². The molecule has 1 aliphatic rings. The van der Waals surface area contributed by atoms with Crippen molar-refractivity contribution in [2.45, 2.75) is 31.8 Å². The highest BCUT2D eigenvalue weighted by atomic mass is 19.1. The molecule has 27 heavy (non-hydrogen) atoms. The second-order valence-corrected chi connectivity index (χ2v) is 6.69. The standard InChI is InChI=1S/C21H24FN3O2/c1-2-19(26)25-13-12-18(14-25)23-20(15-6-4-3-5-7-15)21(27)24-17-10-8-16(22)9-11-17/h3-11,18,20,23H,2,12-14H2,1H3,(H,24,27)/t18-,20+/m1/s1. The summed E-state index contributed by atoms with van der Waals surface area (Å²) in [6.07, 6.45) is 1.29. The number of nitrogens with zero attached hydrogens (tertiary/aromatic N) is 1. The van der Waals surface area contributed by atoms with Crippen LogP contribution in [0.4, 0.5) is 10.1 Å². The number of amides is 2. The highest BCUT2D eigenvalue weighted by Crippen LogP contribution is 2.20. The zero-order chi connectivity index (χ0) is 19.2. The van der Waals surface area contributed by atoms with Crippen LogP contribution in [0.2, 0.25) is 0 Å². The van der Waals surface area contributed by atoms with Gasteiger partial charge in [0, 0.05) is 31.2 Å². The quantitative estimate of drug-likeness (QED) is 0.823. The van der Waals surface area contributed by atoms with Crippen molar-refractivity contribution in [2.24, 2.45) is 0 Å². The van der Waals surface area contributed by atoms with Gasteiger partial charge in [-0.05, 0) is 36.2 Å². The van der Waals surface area contributed by atoms with Crippen LogP contribution >= 0.6 is 0 Å². The molecule has 1 heterocycles. The molecule has 0 aromatic heterocycles. The van der Waals surface area contributed by atoms with E-state index in [9.17, 15) is 14.0 Å². The van der Waals surface area contributed by atoms with E-state index in [0.29, 0.717) is 25.2 Å². The summed E-state index contributed by atoms with van der Waals surface area (Å²) < 4.78 is 13.1. The Hall–Kier alpha value is -2.73. The first-order chi connectivity index (χ1) is 13.1. The van der Waals surface area contributed by atoms with Crippen LogP contribution in [0.15, 0.2) is 54.6 Å². The van der Waals surface area contributed by atoms with Gasteiger partial charge < -0.3 is 10.2 Å². The number of hydrogen-bond donors (Lipinski definition) is 2. The molecule has 0 aliphatic carbocycles. The zero-order valence-electron chi connectivity index (χ0n) is 15.3. The van der Waals surface area contributed by atoms with Gasteiger partial charge in [0.25, 0.3) is 0 Å². The largest absolute Gasteiger partial charge is 0.341 e. The molecular formula is C21H24FN3O2. The minimum Gasteiger partial charge on any atom is -0.341 e. The van der Waals surface area contributed by atoms with Gasteiger partial charge in [0.1, 0.15) is 11.9 Å². The molecule has 2 aromatic carbocycles. The van der Waals surface area contributed by atoms with E-state index in [1.807, 2.05) is 42.2 Å². The van der Waals surface area contributed by atoms with Crippen molar-refractivity contribution in [1.29, 1.82) is 0 Å². The Bertz CT molecular complexity index is 780. The maximum Gasteiger partial charge on any atom is 0.246 e.